The van der Waals surface area contributed by atoms with Crippen molar-refractivity contribution in [1.82, 2.24) is 15.0 Å². The van der Waals surface area contributed by atoms with Gasteiger partial charge in [0.2, 0.25) is 6.41 Å². The van der Waals surface area contributed by atoms with E-state index in [2.05, 4.69) is 19.7 Å². The van der Waals surface area contributed by atoms with Crippen LogP contribution in [-0.2, 0) is 10.2 Å². The molecule has 31 heavy (non-hydrogen) atoms. The molecule has 9 heteroatoms. The first-order chi connectivity index (χ1) is 14.5. The monoisotopic (exact) mass is 430 g/mol. The van der Waals surface area contributed by atoms with Crippen molar-refractivity contribution in [2.45, 2.75) is 39.5 Å². The Labute approximate surface area is 177 Å². The molecule has 0 aliphatic rings. The lowest BCUT2D eigenvalue weighted by atomic mass is 9.84. The number of ether oxygens (including phenoxy) is 1. The number of alkyl halides is 3. The largest absolute Gasteiger partial charge is 0.573 e. The predicted molar refractivity (Wildman–Crippen MR) is 110 cm³/mol. The number of nitrogens with zero attached hydrogens (tertiary/aromatic N) is 4. The van der Waals surface area contributed by atoms with Gasteiger partial charge in [0.15, 0.2) is 0 Å². The maximum Gasteiger partial charge on any atom is 0.573 e. The summed E-state index contributed by atoms with van der Waals surface area (Å²) < 4.78 is 41.1. The number of hydrogen-bond acceptors (Lipinski definition) is 5. The average molecular weight is 430 g/mol. The van der Waals surface area contributed by atoms with E-state index in [1.165, 1.54) is 11.0 Å². The molecule has 0 radical (unpaired) electrons. The van der Waals surface area contributed by atoms with Gasteiger partial charge in [-0.2, -0.15) is 0 Å². The van der Waals surface area contributed by atoms with Gasteiger partial charge in [0.05, 0.1) is 11.9 Å². The lowest BCUT2D eigenvalue weighted by Crippen LogP contribution is -2.22. The van der Waals surface area contributed by atoms with E-state index in [0.717, 1.165) is 29.0 Å². The summed E-state index contributed by atoms with van der Waals surface area (Å²) in [4.78, 5) is 25.7. The number of aromatic nitrogens is 3. The Morgan fingerprint density at radius 3 is 2.13 bits per heavy atom. The van der Waals surface area contributed by atoms with E-state index in [-0.39, 0.29) is 11.2 Å². The first-order valence-electron chi connectivity index (χ1n) is 9.38. The highest BCUT2D eigenvalue weighted by Gasteiger charge is 2.31. The van der Waals surface area contributed by atoms with E-state index in [4.69, 9.17) is 0 Å². The molecule has 0 fully saturated rings. The number of carbonyl (C=O) groups excluding carboxylic acids is 1. The number of hydrogen-bond donors (Lipinski definition) is 0. The summed E-state index contributed by atoms with van der Waals surface area (Å²) in [5.41, 5.74) is 2.64. The minimum absolute atomic E-state index is 0.160. The zero-order valence-corrected chi connectivity index (χ0v) is 17.4. The maximum absolute atomic E-state index is 12.4. The predicted octanol–water partition coefficient (Wildman–Crippen LogP) is 5.34. The van der Waals surface area contributed by atoms with Crippen LogP contribution in [0.2, 0.25) is 0 Å². The van der Waals surface area contributed by atoms with Crippen molar-refractivity contribution in [3.8, 4) is 16.9 Å². The number of benzene rings is 1. The van der Waals surface area contributed by atoms with Crippen molar-refractivity contribution < 1.29 is 22.7 Å². The number of anilines is 2. The van der Waals surface area contributed by atoms with Crippen LogP contribution in [0, 0.1) is 6.92 Å². The molecular weight excluding hydrogens is 409 g/mol. The zero-order chi connectivity index (χ0) is 22.8. The second-order valence-corrected chi connectivity index (χ2v) is 7.88. The van der Waals surface area contributed by atoms with Gasteiger partial charge in [-0.3, -0.25) is 9.69 Å². The Hall–Kier alpha value is -3.49. The molecule has 0 atom stereocenters. The maximum atomic E-state index is 12.4. The van der Waals surface area contributed by atoms with Gasteiger partial charge in [-0.1, -0.05) is 32.9 Å². The smallest absolute Gasteiger partial charge is 0.404 e. The van der Waals surface area contributed by atoms with Crippen molar-refractivity contribution in [1.29, 1.82) is 0 Å². The first-order valence-corrected chi connectivity index (χ1v) is 9.38. The van der Waals surface area contributed by atoms with Crippen molar-refractivity contribution in [2.75, 3.05) is 4.90 Å². The molecule has 0 aliphatic carbocycles. The van der Waals surface area contributed by atoms with E-state index in [1.807, 2.05) is 39.0 Å². The van der Waals surface area contributed by atoms with Crippen LogP contribution in [0.1, 0.15) is 32.2 Å². The minimum Gasteiger partial charge on any atom is -0.404 e. The highest BCUT2D eigenvalue weighted by molar-refractivity contribution is 5.88. The van der Waals surface area contributed by atoms with Gasteiger partial charge in [0.1, 0.15) is 17.4 Å². The van der Waals surface area contributed by atoms with Crippen LogP contribution in [0.4, 0.5) is 24.7 Å². The summed E-state index contributed by atoms with van der Waals surface area (Å²) in [6.07, 6.45) is 0.0493. The summed E-state index contributed by atoms with van der Waals surface area (Å²) in [5.74, 6) is 0.325. The summed E-state index contributed by atoms with van der Waals surface area (Å²) in [7, 11) is 0. The Kier molecular flexibility index (Phi) is 5.97. The van der Waals surface area contributed by atoms with Crippen LogP contribution in [0.15, 0.2) is 48.9 Å². The van der Waals surface area contributed by atoms with Crippen molar-refractivity contribution >= 4 is 17.9 Å². The average Bonchev–Trinajstić information content (AvgIpc) is 2.68. The van der Waals surface area contributed by atoms with Crippen molar-refractivity contribution in [2.24, 2.45) is 0 Å². The molecule has 162 valence electrons. The Morgan fingerprint density at radius 2 is 1.61 bits per heavy atom. The molecule has 0 N–H and O–H groups in total. The normalized spacial score (nSPS) is 11.8. The van der Waals surface area contributed by atoms with E-state index < -0.39 is 12.1 Å². The first kappa shape index (κ1) is 22.2. The van der Waals surface area contributed by atoms with Gasteiger partial charge in [0, 0.05) is 18.0 Å². The molecule has 0 aliphatic heterocycles. The molecule has 3 rings (SSSR count). The van der Waals surface area contributed by atoms with Gasteiger partial charge >= 0.3 is 6.36 Å². The Bertz CT molecular complexity index is 1060. The molecular formula is C22H21F3N4O2. The van der Waals surface area contributed by atoms with Gasteiger partial charge in [-0.25, -0.2) is 15.0 Å². The summed E-state index contributed by atoms with van der Waals surface area (Å²) in [6, 6.07) is 8.03. The standard InChI is InChI=1S/C22H21F3N4O2/c1-14-26-10-16(11-27-14)15-5-7-18(21(2,3)4)19(9-15)29(13-30)20-8-6-17(12-28-20)31-22(23,24)25/h5-13H,1-4H3. The minimum atomic E-state index is -4.82. The second kappa shape index (κ2) is 8.33. The fraction of sp³-hybridized carbons (Fsp3) is 0.273. The van der Waals surface area contributed by atoms with Gasteiger partial charge in [-0.15, -0.1) is 13.2 Å². The van der Waals surface area contributed by atoms with E-state index in [9.17, 15) is 18.0 Å². The second-order valence-electron chi connectivity index (χ2n) is 7.88. The van der Waals surface area contributed by atoms with E-state index in [0.29, 0.717) is 17.9 Å². The van der Waals surface area contributed by atoms with Gasteiger partial charge in [0.25, 0.3) is 0 Å². The number of rotatable bonds is 5. The van der Waals surface area contributed by atoms with Crippen LogP contribution >= 0.6 is 0 Å². The number of carbonyl (C=O) groups is 1. The van der Waals surface area contributed by atoms with Crippen LogP contribution in [-0.4, -0.2) is 27.7 Å². The van der Waals surface area contributed by atoms with Crippen LogP contribution in [0.3, 0.4) is 0 Å². The summed E-state index contributed by atoms with van der Waals surface area (Å²) in [5, 5.41) is 0. The molecule has 0 unspecified atom stereocenters. The number of amides is 1. The SMILES string of the molecule is Cc1ncc(-c2ccc(C(C)(C)C)c(N(C=O)c3ccc(OC(F)(F)F)cn3)c2)cn1. The van der Waals surface area contributed by atoms with E-state index in [1.54, 1.807) is 19.3 Å². The highest BCUT2D eigenvalue weighted by Crippen LogP contribution is 2.37. The van der Waals surface area contributed by atoms with E-state index >= 15 is 0 Å². The third-order valence-electron chi connectivity index (χ3n) is 4.49. The van der Waals surface area contributed by atoms with Gasteiger partial charge < -0.3 is 4.74 Å². The Balaban J connectivity index is 2.07. The third kappa shape index (κ3) is 5.36. The van der Waals surface area contributed by atoms with Gasteiger partial charge in [-0.05, 0) is 41.7 Å². The third-order valence-corrected chi connectivity index (χ3v) is 4.49. The highest BCUT2D eigenvalue weighted by atomic mass is 19.4. The molecule has 2 heterocycles. The summed E-state index contributed by atoms with van der Waals surface area (Å²) >= 11 is 0. The molecule has 2 aromatic heterocycles. The lowest BCUT2D eigenvalue weighted by Gasteiger charge is -2.28. The summed E-state index contributed by atoms with van der Waals surface area (Å²) in [6.45, 7) is 7.77. The molecule has 0 spiro atoms. The van der Waals surface area contributed by atoms with Crippen LogP contribution < -0.4 is 9.64 Å². The molecule has 3 aromatic rings. The zero-order valence-electron chi connectivity index (χ0n) is 17.4. The molecule has 0 bridgehead atoms. The molecule has 0 saturated heterocycles. The molecule has 1 amide bonds. The van der Waals surface area contributed by atoms with Crippen LogP contribution in [0.5, 0.6) is 5.75 Å². The lowest BCUT2D eigenvalue weighted by molar-refractivity contribution is -0.274. The fourth-order valence-corrected chi connectivity index (χ4v) is 3.03. The quantitative estimate of drug-likeness (QED) is 0.511. The number of halogens is 3. The van der Waals surface area contributed by atoms with Crippen LogP contribution in [0.25, 0.3) is 11.1 Å². The topological polar surface area (TPSA) is 68.2 Å². The number of pyridine rings is 1. The van der Waals surface area contributed by atoms with Crippen molar-refractivity contribution in [3.63, 3.8) is 0 Å². The molecule has 0 saturated carbocycles. The Morgan fingerprint density at radius 1 is 0.935 bits per heavy atom. The molecule has 1 aromatic carbocycles. The fourth-order valence-electron chi connectivity index (χ4n) is 3.03. The molecule has 6 nitrogen and oxygen atoms in total. The number of aryl methyl sites for hydroxylation is 1. The van der Waals surface area contributed by atoms with Crippen molar-refractivity contribution in [3.05, 3.63) is 60.3 Å².